The number of carbonyl (C=O) groups excluding carboxylic acids is 1. The zero-order valence-corrected chi connectivity index (χ0v) is 12.8. The van der Waals surface area contributed by atoms with Gasteiger partial charge in [0.15, 0.2) is 0 Å². The first kappa shape index (κ1) is 13.9. The van der Waals surface area contributed by atoms with Crippen LogP contribution < -0.4 is 0 Å². The number of benzene rings is 1. The summed E-state index contributed by atoms with van der Waals surface area (Å²) in [7, 11) is 0. The van der Waals surface area contributed by atoms with Gasteiger partial charge in [0.05, 0.1) is 9.21 Å². The Kier molecular flexibility index (Phi) is 4.01. The van der Waals surface area contributed by atoms with Crippen LogP contribution in [0, 0.1) is 5.82 Å². The molecule has 1 atom stereocenters. The second-order valence-electron chi connectivity index (χ2n) is 4.38. The first-order chi connectivity index (χ1) is 9.65. The smallest absolute Gasteiger partial charge is 0.265 e. The van der Waals surface area contributed by atoms with Gasteiger partial charge in [-0.3, -0.25) is 4.79 Å². The van der Waals surface area contributed by atoms with Crippen LogP contribution in [0.15, 0.2) is 36.4 Å². The number of nitrogens with zero attached hydrogens (tertiary/aromatic N) is 1. The highest BCUT2D eigenvalue weighted by Gasteiger charge is 2.32. The van der Waals surface area contributed by atoms with E-state index in [2.05, 4.69) is 0 Å². The minimum absolute atomic E-state index is 0.0406. The van der Waals surface area contributed by atoms with Gasteiger partial charge in [-0.05, 0) is 29.8 Å². The molecule has 1 amide bonds. The number of halogens is 2. The standard InChI is InChI=1S/C14H11ClFNOS2/c15-12-5-4-11(20-12)13(18)17-6-7-19-14(17)9-2-1-3-10(16)8-9/h1-5,8,14H,6-7H2/t14-/m0/s1. The second kappa shape index (κ2) is 5.76. The molecule has 104 valence electrons. The van der Waals surface area contributed by atoms with Crippen LogP contribution >= 0.6 is 34.7 Å². The highest BCUT2D eigenvalue weighted by atomic mass is 35.5. The molecule has 3 rings (SSSR count). The van der Waals surface area contributed by atoms with Crippen molar-refractivity contribution in [3.05, 3.63) is 57.0 Å². The predicted molar refractivity (Wildman–Crippen MR) is 82.0 cm³/mol. The van der Waals surface area contributed by atoms with Crippen LogP contribution in [0.1, 0.15) is 20.6 Å². The van der Waals surface area contributed by atoms with E-state index in [4.69, 9.17) is 11.6 Å². The molecule has 0 aliphatic carbocycles. The molecule has 20 heavy (non-hydrogen) atoms. The molecule has 0 radical (unpaired) electrons. The third-order valence-electron chi connectivity index (χ3n) is 3.07. The van der Waals surface area contributed by atoms with E-state index in [1.54, 1.807) is 34.9 Å². The Balaban J connectivity index is 1.87. The van der Waals surface area contributed by atoms with Crippen LogP contribution in [-0.2, 0) is 0 Å². The van der Waals surface area contributed by atoms with Crippen LogP contribution in [0.5, 0.6) is 0 Å². The number of hydrogen-bond acceptors (Lipinski definition) is 3. The third-order valence-corrected chi connectivity index (χ3v) is 5.55. The van der Waals surface area contributed by atoms with Gasteiger partial charge in [0, 0.05) is 12.3 Å². The number of thioether (sulfide) groups is 1. The van der Waals surface area contributed by atoms with E-state index in [1.807, 2.05) is 6.07 Å². The summed E-state index contributed by atoms with van der Waals surface area (Å²) in [5.41, 5.74) is 0.823. The summed E-state index contributed by atoms with van der Waals surface area (Å²) >= 11 is 8.80. The third kappa shape index (κ3) is 2.71. The highest BCUT2D eigenvalue weighted by molar-refractivity contribution is 7.99. The van der Waals surface area contributed by atoms with Crippen LogP contribution in [0.3, 0.4) is 0 Å². The summed E-state index contributed by atoms with van der Waals surface area (Å²) in [6.45, 7) is 0.667. The molecular formula is C14H11ClFNOS2. The molecule has 0 saturated carbocycles. The minimum Gasteiger partial charge on any atom is -0.321 e. The Morgan fingerprint density at radius 2 is 2.20 bits per heavy atom. The molecular weight excluding hydrogens is 317 g/mol. The molecule has 1 fully saturated rings. The fourth-order valence-corrected chi connectivity index (χ4v) is 4.43. The molecule has 6 heteroatoms. The van der Waals surface area contributed by atoms with Crippen LogP contribution in [0.25, 0.3) is 0 Å². The first-order valence-electron chi connectivity index (χ1n) is 6.08. The van der Waals surface area contributed by atoms with Gasteiger partial charge in [-0.15, -0.1) is 23.1 Å². The van der Waals surface area contributed by atoms with Crippen molar-refractivity contribution < 1.29 is 9.18 Å². The van der Waals surface area contributed by atoms with Gasteiger partial charge in [0.25, 0.3) is 5.91 Å². The maximum absolute atomic E-state index is 13.3. The molecule has 1 aliphatic rings. The van der Waals surface area contributed by atoms with Gasteiger partial charge in [0.2, 0.25) is 0 Å². The van der Waals surface area contributed by atoms with E-state index in [0.29, 0.717) is 15.8 Å². The minimum atomic E-state index is -0.276. The van der Waals surface area contributed by atoms with Gasteiger partial charge in [0.1, 0.15) is 11.2 Å². The Morgan fingerprint density at radius 3 is 2.90 bits per heavy atom. The normalized spacial score (nSPS) is 18.5. The number of carbonyl (C=O) groups is 1. The second-order valence-corrected chi connectivity index (χ2v) is 7.28. The zero-order valence-electron chi connectivity index (χ0n) is 10.4. The Bertz CT molecular complexity index is 646. The fourth-order valence-electron chi connectivity index (χ4n) is 2.19. The molecule has 1 aromatic heterocycles. The molecule has 0 unspecified atom stereocenters. The van der Waals surface area contributed by atoms with Crippen molar-refractivity contribution in [2.24, 2.45) is 0 Å². The van der Waals surface area contributed by atoms with Crippen molar-refractivity contribution in [1.82, 2.24) is 4.90 Å². The van der Waals surface area contributed by atoms with Gasteiger partial charge >= 0.3 is 0 Å². The maximum Gasteiger partial charge on any atom is 0.265 e. The lowest BCUT2D eigenvalue weighted by Gasteiger charge is -2.23. The quantitative estimate of drug-likeness (QED) is 0.813. The molecule has 1 aliphatic heterocycles. The van der Waals surface area contributed by atoms with Gasteiger partial charge < -0.3 is 4.90 Å². The van der Waals surface area contributed by atoms with E-state index < -0.39 is 0 Å². The van der Waals surface area contributed by atoms with Crippen molar-refractivity contribution in [3.63, 3.8) is 0 Å². The van der Waals surface area contributed by atoms with Crippen molar-refractivity contribution >= 4 is 40.6 Å². The Morgan fingerprint density at radius 1 is 1.35 bits per heavy atom. The summed E-state index contributed by atoms with van der Waals surface area (Å²) in [5, 5.41) is -0.126. The van der Waals surface area contributed by atoms with Crippen LogP contribution in [-0.4, -0.2) is 23.1 Å². The number of amides is 1. The van der Waals surface area contributed by atoms with Gasteiger partial charge in [-0.25, -0.2) is 4.39 Å². The summed E-state index contributed by atoms with van der Waals surface area (Å²) in [6.07, 6.45) is 0. The SMILES string of the molecule is O=C(c1ccc(Cl)s1)N1CCS[C@H]1c1cccc(F)c1. The lowest BCUT2D eigenvalue weighted by atomic mass is 10.2. The van der Waals surface area contributed by atoms with Crippen molar-refractivity contribution in [2.45, 2.75) is 5.37 Å². The highest BCUT2D eigenvalue weighted by Crippen LogP contribution is 2.39. The zero-order chi connectivity index (χ0) is 14.1. The average Bonchev–Trinajstić information content (AvgIpc) is 3.06. The van der Waals surface area contributed by atoms with E-state index in [-0.39, 0.29) is 17.1 Å². The Hall–Kier alpha value is -1.04. The fraction of sp³-hybridized carbons (Fsp3) is 0.214. The first-order valence-corrected chi connectivity index (χ1v) is 8.33. The topological polar surface area (TPSA) is 20.3 Å². The largest absolute Gasteiger partial charge is 0.321 e. The van der Waals surface area contributed by atoms with Crippen molar-refractivity contribution in [2.75, 3.05) is 12.3 Å². The molecule has 0 bridgehead atoms. The van der Waals surface area contributed by atoms with Crippen molar-refractivity contribution in [1.29, 1.82) is 0 Å². The van der Waals surface area contributed by atoms with Gasteiger partial charge in [-0.2, -0.15) is 0 Å². The van der Waals surface area contributed by atoms with E-state index in [0.717, 1.165) is 11.3 Å². The number of hydrogen-bond donors (Lipinski definition) is 0. The lowest BCUT2D eigenvalue weighted by Crippen LogP contribution is -2.29. The van der Waals surface area contributed by atoms with Gasteiger partial charge in [-0.1, -0.05) is 23.7 Å². The lowest BCUT2D eigenvalue weighted by molar-refractivity contribution is 0.0765. The van der Waals surface area contributed by atoms with E-state index in [9.17, 15) is 9.18 Å². The number of rotatable bonds is 2. The van der Waals surface area contributed by atoms with E-state index in [1.165, 1.54) is 23.5 Å². The predicted octanol–water partition coefficient (Wildman–Crippen LogP) is 4.43. The number of thiophene rings is 1. The summed E-state index contributed by atoms with van der Waals surface area (Å²) in [4.78, 5) is 14.9. The molecule has 0 spiro atoms. The maximum atomic E-state index is 13.3. The molecule has 0 N–H and O–H groups in total. The average molecular weight is 328 g/mol. The summed E-state index contributed by atoms with van der Waals surface area (Å²) in [6, 6.07) is 9.89. The van der Waals surface area contributed by atoms with Crippen molar-refractivity contribution in [3.8, 4) is 0 Å². The molecule has 1 saturated heterocycles. The van der Waals surface area contributed by atoms with E-state index >= 15 is 0 Å². The molecule has 2 heterocycles. The monoisotopic (exact) mass is 327 g/mol. The summed E-state index contributed by atoms with van der Waals surface area (Å²) in [5.74, 6) is 0.536. The summed E-state index contributed by atoms with van der Waals surface area (Å²) < 4.78 is 13.9. The molecule has 2 nitrogen and oxygen atoms in total. The molecule has 2 aromatic rings. The van der Waals surface area contributed by atoms with Crippen LogP contribution in [0.4, 0.5) is 4.39 Å². The van der Waals surface area contributed by atoms with Crippen LogP contribution in [0.2, 0.25) is 4.34 Å². The Labute approximate surface area is 129 Å². The molecule has 1 aromatic carbocycles.